The molecule has 1 aliphatic rings. The van der Waals surface area contributed by atoms with Crippen molar-refractivity contribution in [1.29, 1.82) is 0 Å². The number of nitrogens with one attached hydrogen (secondary N) is 1. The Morgan fingerprint density at radius 2 is 2.10 bits per heavy atom. The molecule has 0 radical (unpaired) electrons. The van der Waals surface area contributed by atoms with Crippen LogP contribution in [0, 0.1) is 21.3 Å². The molecule has 0 atom stereocenters. The molecule has 1 N–H and O–H groups in total. The molecule has 1 aliphatic heterocycles. The summed E-state index contributed by atoms with van der Waals surface area (Å²) in [5.74, 6) is -0.627. The monoisotopic (exact) mass is 359 g/mol. The maximum Gasteiger partial charge on any atom is 0.295 e. The largest absolute Gasteiger partial charge is 0.379 e. The molecule has 116 valence electrons. The van der Waals surface area contributed by atoms with Crippen molar-refractivity contribution < 1.29 is 9.31 Å². The Bertz CT molecular complexity index is 545. The number of benzene rings is 1. The molecule has 1 aromatic rings. The van der Waals surface area contributed by atoms with Crippen LogP contribution in [0.4, 0.5) is 15.8 Å². The number of nitro groups is 1. The molecule has 1 saturated heterocycles. The first-order valence-electron chi connectivity index (χ1n) is 6.87. The standard InChI is InChI=1S/C14H19BrFN3O2/c1-14(3-5-18(2)6-4-14)9-17-12-7-10(15)11(16)8-13(12)19(20)21/h7-8,17H,3-6,9H2,1-2H3. The fourth-order valence-electron chi connectivity index (χ4n) is 2.47. The minimum absolute atomic E-state index is 0.0985. The highest BCUT2D eigenvalue weighted by Crippen LogP contribution is 2.34. The van der Waals surface area contributed by atoms with Gasteiger partial charge in [-0.3, -0.25) is 10.1 Å². The van der Waals surface area contributed by atoms with Gasteiger partial charge in [-0.1, -0.05) is 6.92 Å². The second kappa shape index (κ2) is 6.27. The highest BCUT2D eigenvalue weighted by molar-refractivity contribution is 9.10. The molecule has 1 fully saturated rings. The number of nitrogens with zero attached hydrogens (tertiary/aromatic N) is 2. The molecule has 1 heterocycles. The molecule has 7 heteroatoms. The van der Waals surface area contributed by atoms with Crippen molar-refractivity contribution in [3.05, 3.63) is 32.5 Å². The van der Waals surface area contributed by atoms with Gasteiger partial charge in [0, 0.05) is 6.54 Å². The zero-order chi connectivity index (χ0) is 15.6. The van der Waals surface area contributed by atoms with Gasteiger partial charge in [0.05, 0.1) is 15.5 Å². The van der Waals surface area contributed by atoms with Gasteiger partial charge in [-0.2, -0.15) is 0 Å². The van der Waals surface area contributed by atoms with Crippen molar-refractivity contribution in [3.63, 3.8) is 0 Å². The maximum absolute atomic E-state index is 13.4. The number of anilines is 1. The lowest BCUT2D eigenvalue weighted by Crippen LogP contribution is -2.40. The van der Waals surface area contributed by atoms with E-state index in [1.165, 1.54) is 6.07 Å². The van der Waals surface area contributed by atoms with E-state index in [1.54, 1.807) is 0 Å². The number of hydrogen-bond acceptors (Lipinski definition) is 4. The van der Waals surface area contributed by atoms with Gasteiger partial charge in [0.1, 0.15) is 11.5 Å². The molecular formula is C14H19BrFN3O2. The number of nitro benzene ring substituents is 1. The van der Waals surface area contributed by atoms with E-state index in [1.807, 2.05) is 0 Å². The van der Waals surface area contributed by atoms with Crippen LogP contribution in [0.5, 0.6) is 0 Å². The molecule has 0 aliphatic carbocycles. The van der Waals surface area contributed by atoms with E-state index >= 15 is 0 Å². The van der Waals surface area contributed by atoms with Crippen LogP contribution < -0.4 is 5.32 Å². The third-order valence-corrected chi connectivity index (χ3v) is 4.74. The van der Waals surface area contributed by atoms with Crippen LogP contribution in [0.2, 0.25) is 0 Å². The van der Waals surface area contributed by atoms with Crippen LogP contribution in [0.25, 0.3) is 0 Å². The summed E-state index contributed by atoms with van der Waals surface area (Å²) in [6.07, 6.45) is 2.07. The zero-order valence-electron chi connectivity index (χ0n) is 12.2. The summed E-state index contributed by atoms with van der Waals surface area (Å²) in [4.78, 5) is 12.8. The molecule has 21 heavy (non-hydrogen) atoms. The minimum atomic E-state index is -0.627. The van der Waals surface area contributed by atoms with Gasteiger partial charge in [0.25, 0.3) is 5.69 Å². The molecule has 0 aromatic heterocycles. The average molecular weight is 360 g/mol. The van der Waals surface area contributed by atoms with Crippen molar-refractivity contribution in [3.8, 4) is 0 Å². The van der Waals surface area contributed by atoms with Crippen LogP contribution in [0.1, 0.15) is 19.8 Å². The topological polar surface area (TPSA) is 58.4 Å². The lowest BCUT2D eigenvalue weighted by molar-refractivity contribution is -0.384. The van der Waals surface area contributed by atoms with Crippen molar-refractivity contribution in [1.82, 2.24) is 4.90 Å². The highest BCUT2D eigenvalue weighted by Gasteiger charge is 2.29. The predicted molar refractivity (Wildman–Crippen MR) is 84.1 cm³/mol. The minimum Gasteiger partial charge on any atom is -0.379 e. The van der Waals surface area contributed by atoms with Crippen molar-refractivity contribution >= 4 is 27.3 Å². The molecule has 0 unspecified atom stereocenters. The number of halogens is 2. The summed E-state index contributed by atoms with van der Waals surface area (Å²) in [6.45, 7) is 4.86. The van der Waals surface area contributed by atoms with Gasteiger partial charge in [-0.05, 0) is 60.4 Å². The molecular weight excluding hydrogens is 341 g/mol. The quantitative estimate of drug-likeness (QED) is 0.658. The molecule has 0 spiro atoms. The maximum atomic E-state index is 13.4. The lowest BCUT2D eigenvalue weighted by Gasteiger charge is -2.38. The first kappa shape index (κ1) is 16.2. The summed E-state index contributed by atoms with van der Waals surface area (Å²) in [7, 11) is 2.09. The fourth-order valence-corrected chi connectivity index (χ4v) is 2.82. The smallest absolute Gasteiger partial charge is 0.295 e. The van der Waals surface area contributed by atoms with E-state index in [4.69, 9.17) is 0 Å². The van der Waals surface area contributed by atoms with Gasteiger partial charge in [-0.15, -0.1) is 0 Å². The Balaban J connectivity index is 2.12. The van der Waals surface area contributed by atoms with E-state index < -0.39 is 10.7 Å². The van der Waals surface area contributed by atoms with E-state index in [2.05, 4.69) is 40.1 Å². The van der Waals surface area contributed by atoms with Crippen LogP contribution >= 0.6 is 15.9 Å². The first-order chi connectivity index (χ1) is 9.81. The van der Waals surface area contributed by atoms with Crippen molar-refractivity contribution in [2.24, 2.45) is 5.41 Å². The molecule has 0 amide bonds. The fraction of sp³-hybridized carbons (Fsp3) is 0.571. The summed E-state index contributed by atoms with van der Waals surface area (Å²) < 4.78 is 13.7. The molecule has 0 saturated carbocycles. The van der Waals surface area contributed by atoms with Crippen molar-refractivity contribution in [2.75, 3.05) is 32.0 Å². The van der Waals surface area contributed by atoms with Crippen LogP contribution in [0.3, 0.4) is 0 Å². The van der Waals surface area contributed by atoms with Gasteiger partial charge in [0.15, 0.2) is 0 Å². The summed E-state index contributed by atoms with van der Waals surface area (Å²) >= 11 is 3.07. The van der Waals surface area contributed by atoms with Crippen LogP contribution in [-0.2, 0) is 0 Å². The number of piperidine rings is 1. The van der Waals surface area contributed by atoms with Crippen LogP contribution in [-0.4, -0.2) is 36.5 Å². The summed E-state index contributed by atoms with van der Waals surface area (Å²) in [5.41, 5.74) is 0.224. The Morgan fingerprint density at radius 1 is 1.48 bits per heavy atom. The van der Waals surface area contributed by atoms with Crippen LogP contribution in [0.15, 0.2) is 16.6 Å². The average Bonchev–Trinajstić information content (AvgIpc) is 2.43. The Kier molecular flexibility index (Phi) is 4.83. The molecule has 1 aromatic carbocycles. The number of hydrogen-bond donors (Lipinski definition) is 1. The van der Waals surface area contributed by atoms with Gasteiger partial charge >= 0.3 is 0 Å². The lowest BCUT2D eigenvalue weighted by atomic mass is 9.80. The Morgan fingerprint density at radius 3 is 2.67 bits per heavy atom. The summed E-state index contributed by atoms with van der Waals surface area (Å²) in [6, 6.07) is 2.38. The second-order valence-corrected chi connectivity index (χ2v) is 6.86. The van der Waals surface area contributed by atoms with E-state index in [0.29, 0.717) is 12.2 Å². The normalized spacial score (nSPS) is 18.5. The highest BCUT2D eigenvalue weighted by atomic mass is 79.9. The first-order valence-corrected chi connectivity index (χ1v) is 7.66. The third-order valence-electron chi connectivity index (χ3n) is 4.14. The third kappa shape index (κ3) is 3.91. The molecule has 5 nitrogen and oxygen atoms in total. The number of rotatable bonds is 4. The van der Waals surface area contributed by atoms with Crippen molar-refractivity contribution in [2.45, 2.75) is 19.8 Å². The second-order valence-electron chi connectivity index (χ2n) is 6.01. The Labute approximate surface area is 131 Å². The van der Waals surface area contributed by atoms with E-state index in [-0.39, 0.29) is 15.6 Å². The SMILES string of the molecule is CN1CCC(C)(CNc2cc(Br)c(F)cc2[N+](=O)[O-])CC1. The summed E-state index contributed by atoms with van der Waals surface area (Å²) in [5, 5.41) is 14.2. The zero-order valence-corrected chi connectivity index (χ0v) is 13.7. The Hall–Kier alpha value is -1.21. The van der Waals surface area contributed by atoms with E-state index in [9.17, 15) is 14.5 Å². The van der Waals surface area contributed by atoms with E-state index in [0.717, 1.165) is 32.0 Å². The molecule has 2 rings (SSSR count). The molecule has 0 bridgehead atoms. The van der Waals surface area contributed by atoms with Gasteiger partial charge < -0.3 is 10.2 Å². The predicted octanol–water partition coefficient (Wildman–Crippen LogP) is 3.64. The van der Waals surface area contributed by atoms with Gasteiger partial charge in [-0.25, -0.2) is 4.39 Å². The van der Waals surface area contributed by atoms with Gasteiger partial charge in [0.2, 0.25) is 0 Å². The number of likely N-dealkylation sites (tertiary alicyclic amines) is 1.